The predicted molar refractivity (Wildman–Crippen MR) is 153 cm³/mol. The summed E-state index contributed by atoms with van der Waals surface area (Å²) in [5.41, 5.74) is 0.934. The molecular formula is C28H28BrCl3N2O3. The monoisotopic (exact) mass is 624 g/mol. The number of nitrogens with one attached hydrogen (secondary N) is 1. The third kappa shape index (κ3) is 8.64. The SMILES string of the molecule is CC(C)(C)NC(=O)[C@@H](Cc1ccccc1)N(Cc1c(Cl)cccc1Cl)C(=O)COc1ccc(Br)cc1Cl. The lowest BCUT2D eigenvalue weighted by Gasteiger charge is -2.34. The largest absolute Gasteiger partial charge is 0.482 e. The maximum absolute atomic E-state index is 13.7. The second-order valence-corrected chi connectivity index (χ2v) is 11.7. The zero-order chi connectivity index (χ0) is 27.2. The Morgan fingerprint density at radius 3 is 2.19 bits per heavy atom. The Kier molecular flexibility index (Phi) is 10.3. The van der Waals surface area contributed by atoms with Crippen LogP contribution < -0.4 is 10.1 Å². The van der Waals surface area contributed by atoms with E-state index < -0.39 is 17.5 Å². The van der Waals surface area contributed by atoms with Crippen LogP contribution in [0, 0.1) is 0 Å². The maximum atomic E-state index is 13.7. The van der Waals surface area contributed by atoms with Crippen molar-refractivity contribution in [3.8, 4) is 5.75 Å². The van der Waals surface area contributed by atoms with E-state index in [1.165, 1.54) is 4.90 Å². The van der Waals surface area contributed by atoms with Crippen molar-refractivity contribution in [1.82, 2.24) is 10.2 Å². The summed E-state index contributed by atoms with van der Waals surface area (Å²) < 4.78 is 6.56. The average molecular weight is 627 g/mol. The van der Waals surface area contributed by atoms with Crippen LogP contribution in [0.15, 0.2) is 71.2 Å². The van der Waals surface area contributed by atoms with E-state index in [2.05, 4.69) is 21.2 Å². The predicted octanol–water partition coefficient (Wildman–Crippen LogP) is 7.34. The second-order valence-electron chi connectivity index (χ2n) is 9.53. The van der Waals surface area contributed by atoms with E-state index in [9.17, 15) is 9.59 Å². The van der Waals surface area contributed by atoms with Crippen LogP contribution in [-0.2, 0) is 22.6 Å². The zero-order valence-electron chi connectivity index (χ0n) is 20.7. The van der Waals surface area contributed by atoms with Crippen molar-refractivity contribution in [2.45, 2.75) is 45.3 Å². The molecule has 5 nitrogen and oxygen atoms in total. The van der Waals surface area contributed by atoms with Gasteiger partial charge in [-0.15, -0.1) is 0 Å². The lowest BCUT2D eigenvalue weighted by molar-refractivity contribution is -0.143. The topological polar surface area (TPSA) is 58.6 Å². The Morgan fingerprint density at radius 2 is 1.59 bits per heavy atom. The standard InChI is InChI=1S/C28H28BrCl3N2O3/c1-28(2,3)33-27(36)24(14-18-8-5-4-6-9-18)34(16-20-21(30)10-7-11-22(20)31)26(35)17-37-25-13-12-19(29)15-23(25)32/h4-13,15,24H,14,16-17H2,1-3H3,(H,33,36)/t24-/m1/s1. The second kappa shape index (κ2) is 13.0. The number of hydrogen-bond donors (Lipinski definition) is 1. The van der Waals surface area contributed by atoms with E-state index in [0.717, 1.165) is 10.0 Å². The molecule has 3 rings (SSSR count). The average Bonchev–Trinajstić information content (AvgIpc) is 2.81. The fraction of sp³-hybridized carbons (Fsp3) is 0.286. The summed E-state index contributed by atoms with van der Waals surface area (Å²) in [5.74, 6) is -0.359. The van der Waals surface area contributed by atoms with E-state index in [1.54, 1.807) is 36.4 Å². The van der Waals surface area contributed by atoms with Gasteiger partial charge in [-0.2, -0.15) is 0 Å². The lowest BCUT2D eigenvalue weighted by Crippen LogP contribution is -2.55. The zero-order valence-corrected chi connectivity index (χ0v) is 24.6. The van der Waals surface area contributed by atoms with Crippen LogP contribution in [0.5, 0.6) is 5.75 Å². The molecule has 0 aliphatic heterocycles. The number of ether oxygens (including phenoxy) is 1. The third-order valence-corrected chi connectivity index (χ3v) is 6.90. The Bertz CT molecular complexity index is 1230. The number of halogens is 4. The highest BCUT2D eigenvalue weighted by Crippen LogP contribution is 2.29. The van der Waals surface area contributed by atoms with Gasteiger partial charge in [-0.1, -0.05) is 87.1 Å². The molecule has 3 aromatic carbocycles. The first-order valence-electron chi connectivity index (χ1n) is 11.6. The normalized spacial score (nSPS) is 12.1. The van der Waals surface area contributed by atoms with E-state index >= 15 is 0 Å². The molecular weight excluding hydrogens is 599 g/mol. The summed E-state index contributed by atoms with van der Waals surface area (Å²) >= 11 is 22.6. The van der Waals surface area contributed by atoms with Crippen molar-refractivity contribution in [1.29, 1.82) is 0 Å². The van der Waals surface area contributed by atoms with Crippen LogP contribution in [0.25, 0.3) is 0 Å². The maximum Gasteiger partial charge on any atom is 0.261 e. The van der Waals surface area contributed by atoms with E-state index in [4.69, 9.17) is 39.5 Å². The fourth-order valence-corrected chi connectivity index (χ4v) is 4.92. The Balaban J connectivity index is 1.99. The molecule has 0 aliphatic carbocycles. The Morgan fingerprint density at radius 1 is 0.946 bits per heavy atom. The summed E-state index contributed by atoms with van der Waals surface area (Å²) in [6.45, 7) is 5.35. The number of benzene rings is 3. The van der Waals surface area contributed by atoms with Crippen LogP contribution in [0.3, 0.4) is 0 Å². The van der Waals surface area contributed by atoms with Crippen LogP contribution >= 0.6 is 50.7 Å². The first-order chi connectivity index (χ1) is 17.4. The first-order valence-corrected chi connectivity index (χ1v) is 13.5. The highest BCUT2D eigenvalue weighted by molar-refractivity contribution is 9.10. The summed E-state index contributed by atoms with van der Waals surface area (Å²) in [7, 11) is 0. The first kappa shape index (κ1) is 29.3. The molecule has 2 amide bonds. The summed E-state index contributed by atoms with van der Waals surface area (Å²) in [5, 5.41) is 4.17. The van der Waals surface area contributed by atoms with E-state index in [0.29, 0.717) is 26.4 Å². The van der Waals surface area contributed by atoms with Gasteiger partial charge in [0.05, 0.1) is 5.02 Å². The highest BCUT2D eigenvalue weighted by Gasteiger charge is 2.33. The molecule has 0 fully saturated rings. The number of carbonyl (C=O) groups is 2. The molecule has 0 radical (unpaired) electrons. The minimum absolute atomic E-state index is 0.0177. The van der Waals surface area contributed by atoms with Crippen LogP contribution in [-0.4, -0.2) is 34.9 Å². The minimum Gasteiger partial charge on any atom is -0.482 e. The van der Waals surface area contributed by atoms with Gasteiger partial charge in [0.1, 0.15) is 11.8 Å². The molecule has 1 N–H and O–H groups in total. The molecule has 0 heterocycles. The van der Waals surface area contributed by atoms with Gasteiger partial charge in [0, 0.05) is 38.6 Å². The van der Waals surface area contributed by atoms with Crippen LogP contribution in [0.1, 0.15) is 31.9 Å². The van der Waals surface area contributed by atoms with Gasteiger partial charge >= 0.3 is 0 Å². The van der Waals surface area contributed by atoms with Gasteiger partial charge in [-0.05, 0) is 56.7 Å². The Hall–Kier alpha value is -2.25. The van der Waals surface area contributed by atoms with Gasteiger partial charge < -0.3 is 15.0 Å². The molecule has 0 saturated heterocycles. The van der Waals surface area contributed by atoms with E-state index in [1.807, 2.05) is 51.1 Å². The van der Waals surface area contributed by atoms with Crippen molar-refractivity contribution in [3.63, 3.8) is 0 Å². The number of amides is 2. The van der Waals surface area contributed by atoms with Crippen molar-refractivity contribution in [2.24, 2.45) is 0 Å². The van der Waals surface area contributed by atoms with Crippen molar-refractivity contribution >= 4 is 62.5 Å². The molecule has 0 bridgehead atoms. The molecule has 3 aromatic rings. The van der Waals surface area contributed by atoms with Crippen molar-refractivity contribution in [2.75, 3.05) is 6.61 Å². The number of carbonyl (C=O) groups excluding carboxylic acids is 2. The van der Waals surface area contributed by atoms with Gasteiger partial charge in [0.25, 0.3) is 5.91 Å². The molecule has 9 heteroatoms. The molecule has 0 unspecified atom stereocenters. The number of nitrogens with zero attached hydrogens (tertiary/aromatic N) is 1. The fourth-order valence-electron chi connectivity index (χ4n) is 3.68. The van der Waals surface area contributed by atoms with Gasteiger partial charge in [-0.25, -0.2) is 0 Å². The molecule has 0 aromatic heterocycles. The quantitative estimate of drug-likeness (QED) is 0.270. The lowest BCUT2D eigenvalue weighted by atomic mass is 10.0. The summed E-state index contributed by atoms with van der Waals surface area (Å²) in [6.07, 6.45) is 0.287. The Labute approximate surface area is 241 Å². The smallest absolute Gasteiger partial charge is 0.261 e. The molecule has 196 valence electrons. The van der Waals surface area contributed by atoms with Crippen LogP contribution in [0.2, 0.25) is 15.1 Å². The summed E-state index contributed by atoms with van der Waals surface area (Å²) in [4.78, 5) is 28.8. The van der Waals surface area contributed by atoms with Gasteiger partial charge in [0.2, 0.25) is 5.91 Å². The molecule has 0 aliphatic rings. The third-order valence-electron chi connectivity index (χ3n) is 5.40. The van der Waals surface area contributed by atoms with Gasteiger partial charge in [-0.3, -0.25) is 9.59 Å². The molecule has 1 atom stereocenters. The van der Waals surface area contributed by atoms with Crippen LogP contribution in [0.4, 0.5) is 0 Å². The molecule has 0 spiro atoms. The van der Waals surface area contributed by atoms with Gasteiger partial charge in [0.15, 0.2) is 6.61 Å². The molecule has 37 heavy (non-hydrogen) atoms. The minimum atomic E-state index is -0.856. The number of rotatable bonds is 9. The van der Waals surface area contributed by atoms with E-state index in [-0.39, 0.29) is 25.5 Å². The highest BCUT2D eigenvalue weighted by atomic mass is 79.9. The number of hydrogen-bond acceptors (Lipinski definition) is 3. The van der Waals surface area contributed by atoms with Crippen molar-refractivity contribution < 1.29 is 14.3 Å². The van der Waals surface area contributed by atoms with Crippen molar-refractivity contribution in [3.05, 3.63) is 97.4 Å². The summed E-state index contributed by atoms with van der Waals surface area (Å²) in [6, 6.07) is 18.9. The molecule has 0 saturated carbocycles.